The number of thioether (sulfide) groups is 1. The number of carbonyl (C=O) groups is 2. The quantitative estimate of drug-likeness (QED) is 0.361. The SMILES string of the molecule is CC[C@@H](C)NC(=O)[C@H](C)N(Cc1ccc(Cl)cc1Cl)C(=O)CSCc1ccc(Cl)cc1Cl. The van der Waals surface area contributed by atoms with Crippen molar-refractivity contribution in [1.29, 1.82) is 0 Å². The zero-order valence-corrected chi connectivity index (χ0v) is 22.0. The van der Waals surface area contributed by atoms with Crippen LogP contribution in [0.5, 0.6) is 0 Å². The average Bonchev–Trinajstić information content (AvgIpc) is 2.74. The normalized spacial score (nSPS) is 12.8. The molecule has 0 spiro atoms. The van der Waals surface area contributed by atoms with Crippen molar-refractivity contribution < 1.29 is 9.59 Å². The Morgan fingerprint density at radius 2 is 1.53 bits per heavy atom. The summed E-state index contributed by atoms with van der Waals surface area (Å²) in [6.45, 7) is 5.84. The van der Waals surface area contributed by atoms with Crippen molar-refractivity contribution in [3.05, 3.63) is 67.6 Å². The maximum atomic E-state index is 13.2. The monoisotopic (exact) mass is 534 g/mol. The van der Waals surface area contributed by atoms with Gasteiger partial charge in [0.05, 0.1) is 5.75 Å². The van der Waals surface area contributed by atoms with Crippen LogP contribution < -0.4 is 5.32 Å². The summed E-state index contributed by atoms with van der Waals surface area (Å²) in [6.07, 6.45) is 0.799. The molecule has 0 bridgehead atoms. The highest BCUT2D eigenvalue weighted by atomic mass is 35.5. The van der Waals surface area contributed by atoms with Crippen molar-refractivity contribution in [1.82, 2.24) is 10.2 Å². The molecule has 2 amide bonds. The van der Waals surface area contributed by atoms with Crippen molar-refractivity contribution in [3.63, 3.8) is 0 Å². The molecule has 4 nitrogen and oxygen atoms in total. The van der Waals surface area contributed by atoms with Gasteiger partial charge in [-0.15, -0.1) is 11.8 Å². The Hall–Kier alpha value is -1.11. The number of benzene rings is 2. The van der Waals surface area contributed by atoms with Gasteiger partial charge in [-0.1, -0.05) is 65.5 Å². The smallest absolute Gasteiger partial charge is 0.242 e. The highest BCUT2D eigenvalue weighted by Crippen LogP contribution is 2.26. The molecule has 2 rings (SSSR count). The molecule has 9 heteroatoms. The van der Waals surface area contributed by atoms with Gasteiger partial charge in [0.1, 0.15) is 6.04 Å². The topological polar surface area (TPSA) is 49.4 Å². The molecule has 0 aliphatic rings. The van der Waals surface area contributed by atoms with Gasteiger partial charge in [-0.25, -0.2) is 0 Å². The van der Waals surface area contributed by atoms with Crippen LogP contribution in [-0.2, 0) is 21.9 Å². The second kappa shape index (κ2) is 13.0. The van der Waals surface area contributed by atoms with Crippen molar-refractivity contribution in [2.45, 2.75) is 51.6 Å². The molecule has 0 radical (unpaired) electrons. The Labute approximate surface area is 213 Å². The number of hydrogen-bond acceptors (Lipinski definition) is 3. The van der Waals surface area contributed by atoms with E-state index in [1.807, 2.05) is 19.9 Å². The van der Waals surface area contributed by atoms with Crippen LogP contribution >= 0.6 is 58.2 Å². The highest BCUT2D eigenvalue weighted by Gasteiger charge is 2.27. The molecule has 0 aromatic heterocycles. The van der Waals surface area contributed by atoms with Crippen LogP contribution in [0.25, 0.3) is 0 Å². The Kier molecular flexibility index (Phi) is 11.0. The fourth-order valence-electron chi connectivity index (χ4n) is 2.85. The molecule has 1 N–H and O–H groups in total. The summed E-state index contributed by atoms with van der Waals surface area (Å²) >= 11 is 25.9. The largest absolute Gasteiger partial charge is 0.352 e. The summed E-state index contributed by atoms with van der Waals surface area (Å²) in [4.78, 5) is 27.5. The molecule has 2 aromatic carbocycles. The highest BCUT2D eigenvalue weighted by molar-refractivity contribution is 7.99. The van der Waals surface area contributed by atoms with E-state index >= 15 is 0 Å². The first-order valence-electron chi connectivity index (χ1n) is 10.2. The lowest BCUT2D eigenvalue weighted by Gasteiger charge is -2.30. The van der Waals surface area contributed by atoms with Gasteiger partial charge in [-0.3, -0.25) is 9.59 Å². The third-order valence-electron chi connectivity index (χ3n) is 5.02. The van der Waals surface area contributed by atoms with Gasteiger partial charge in [0.15, 0.2) is 0 Å². The summed E-state index contributed by atoms with van der Waals surface area (Å²) in [5.41, 5.74) is 1.61. The van der Waals surface area contributed by atoms with Crippen LogP contribution in [0.2, 0.25) is 20.1 Å². The van der Waals surface area contributed by atoms with Crippen LogP contribution in [0.15, 0.2) is 36.4 Å². The summed E-state index contributed by atoms with van der Waals surface area (Å²) < 4.78 is 0. The Morgan fingerprint density at radius 3 is 2.06 bits per heavy atom. The Balaban J connectivity index is 2.14. The lowest BCUT2D eigenvalue weighted by molar-refractivity contribution is -0.138. The van der Waals surface area contributed by atoms with Gasteiger partial charge in [-0.05, 0) is 55.7 Å². The molecule has 2 atom stereocenters. The Bertz CT molecular complexity index is 958. The minimum atomic E-state index is -0.664. The van der Waals surface area contributed by atoms with E-state index in [1.165, 1.54) is 11.8 Å². The minimum absolute atomic E-state index is 0.0162. The van der Waals surface area contributed by atoms with Crippen molar-refractivity contribution in [3.8, 4) is 0 Å². The molecule has 0 fully saturated rings. The van der Waals surface area contributed by atoms with Gasteiger partial charge in [0.2, 0.25) is 11.8 Å². The fraction of sp³-hybridized carbons (Fsp3) is 0.391. The molecule has 0 saturated heterocycles. The van der Waals surface area contributed by atoms with Crippen molar-refractivity contribution in [2.24, 2.45) is 0 Å². The summed E-state index contributed by atoms with van der Waals surface area (Å²) in [6, 6.07) is 9.75. The second-order valence-corrected chi connectivity index (χ2v) is 10.2. The number of hydrogen-bond donors (Lipinski definition) is 1. The number of nitrogens with one attached hydrogen (secondary N) is 1. The number of amides is 2. The fourth-order valence-corrected chi connectivity index (χ4v) is 4.79. The molecule has 0 unspecified atom stereocenters. The summed E-state index contributed by atoms with van der Waals surface area (Å²) in [5, 5.41) is 5.02. The predicted octanol–water partition coefficient (Wildman–Crippen LogP) is 6.87. The van der Waals surface area contributed by atoms with Gasteiger partial charge in [-0.2, -0.15) is 0 Å². The average molecular weight is 536 g/mol. The van der Waals surface area contributed by atoms with Crippen molar-refractivity contribution >= 4 is 70.0 Å². The van der Waals surface area contributed by atoms with Crippen LogP contribution in [-0.4, -0.2) is 34.6 Å². The molecule has 0 heterocycles. The third kappa shape index (κ3) is 8.03. The van der Waals surface area contributed by atoms with E-state index in [9.17, 15) is 9.59 Å². The third-order valence-corrected chi connectivity index (χ3v) is 7.16. The van der Waals surface area contributed by atoms with E-state index in [2.05, 4.69) is 5.32 Å². The lowest BCUT2D eigenvalue weighted by Crippen LogP contribution is -2.50. The second-order valence-electron chi connectivity index (χ2n) is 7.48. The molecule has 2 aromatic rings. The van der Waals surface area contributed by atoms with Crippen LogP contribution in [0.3, 0.4) is 0 Å². The molecular formula is C23H26Cl4N2O2S. The maximum Gasteiger partial charge on any atom is 0.242 e. The maximum absolute atomic E-state index is 13.2. The number of carbonyl (C=O) groups excluding carboxylic acids is 2. The van der Waals surface area contributed by atoms with E-state index in [0.717, 1.165) is 17.5 Å². The first kappa shape index (κ1) is 27.1. The van der Waals surface area contributed by atoms with Crippen LogP contribution in [0.4, 0.5) is 0 Å². The van der Waals surface area contributed by atoms with E-state index in [4.69, 9.17) is 46.4 Å². The molecule has 32 heavy (non-hydrogen) atoms. The van der Waals surface area contributed by atoms with Gasteiger partial charge >= 0.3 is 0 Å². The van der Waals surface area contributed by atoms with Gasteiger partial charge in [0, 0.05) is 38.4 Å². The lowest BCUT2D eigenvalue weighted by atomic mass is 10.1. The summed E-state index contributed by atoms with van der Waals surface area (Å²) in [5.74, 6) is 0.358. The van der Waals surface area contributed by atoms with Crippen LogP contribution in [0, 0.1) is 0 Å². The molecule has 0 aliphatic heterocycles. The van der Waals surface area contributed by atoms with E-state index in [-0.39, 0.29) is 30.2 Å². The van der Waals surface area contributed by atoms with E-state index in [0.29, 0.717) is 25.8 Å². The van der Waals surface area contributed by atoms with E-state index < -0.39 is 6.04 Å². The zero-order valence-electron chi connectivity index (χ0n) is 18.1. The first-order chi connectivity index (χ1) is 15.1. The molecular weight excluding hydrogens is 510 g/mol. The zero-order chi connectivity index (χ0) is 23.8. The van der Waals surface area contributed by atoms with E-state index in [1.54, 1.807) is 42.2 Å². The number of rotatable bonds is 10. The van der Waals surface area contributed by atoms with Crippen molar-refractivity contribution in [2.75, 3.05) is 5.75 Å². The standard InChI is InChI=1S/C23H26Cl4N2O2S/c1-4-14(2)28-23(31)15(3)29(11-16-5-7-18(24)9-20(16)26)22(30)13-32-12-17-6-8-19(25)10-21(17)27/h5-10,14-15H,4,11-13H2,1-3H3,(H,28,31)/t14-,15+/m1/s1. The first-order valence-corrected chi connectivity index (χ1v) is 12.8. The molecule has 0 saturated carbocycles. The predicted molar refractivity (Wildman–Crippen MR) is 137 cm³/mol. The summed E-state index contributed by atoms with van der Waals surface area (Å²) in [7, 11) is 0. The van der Waals surface area contributed by atoms with Gasteiger partial charge < -0.3 is 10.2 Å². The Morgan fingerprint density at radius 1 is 0.969 bits per heavy atom. The number of halogens is 4. The van der Waals surface area contributed by atoms with Gasteiger partial charge in [0.25, 0.3) is 0 Å². The molecule has 0 aliphatic carbocycles. The number of nitrogens with zero attached hydrogens (tertiary/aromatic N) is 1. The molecule has 174 valence electrons. The van der Waals surface area contributed by atoms with Crippen LogP contribution in [0.1, 0.15) is 38.3 Å². The minimum Gasteiger partial charge on any atom is -0.352 e.